The highest BCUT2D eigenvalue weighted by atomic mass is 16.2. The van der Waals surface area contributed by atoms with E-state index in [-0.39, 0.29) is 11.8 Å². The van der Waals surface area contributed by atoms with Crippen molar-refractivity contribution in [2.75, 3.05) is 4.90 Å². The van der Waals surface area contributed by atoms with Crippen molar-refractivity contribution >= 4 is 45.0 Å². The smallest absolute Gasteiger partial charge is 0.268 e. The van der Waals surface area contributed by atoms with E-state index in [4.69, 9.17) is 6.57 Å². The predicted molar refractivity (Wildman–Crippen MR) is 201 cm³/mol. The third-order valence-corrected chi connectivity index (χ3v) is 9.57. The molecule has 0 fully saturated rings. The molecule has 2 amide bonds. The van der Waals surface area contributed by atoms with E-state index in [2.05, 4.69) is 51.9 Å². The Bertz CT molecular complexity index is 2690. The van der Waals surface area contributed by atoms with Gasteiger partial charge in [-0.05, 0) is 52.6 Å². The van der Waals surface area contributed by atoms with E-state index in [1.54, 1.807) is 6.07 Å². The number of carbonyl (C=O) groups excluding carboxylic acids is 2. The van der Waals surface area contributed by atoms with E-state index in [1.165, 1.54) is 4.90 Å². The summed E-state index contributed by atoms with van der Waals surface area (Å²) in [5, 5.41) is 2.07. The number of imide groups is 1. The van der Waals surface area contributed by atoms with Crippen LogP contribution in [0, 0.1) is 6.57 Å². The predicted octanol–water partition coefficient (Wildman–Crippen LogP) is 11.1. The Kier molecular flexibility index (Phi) is 6.75. The van der Waals surface area contributed by atoms with Crippen LogP contribution in [0.5, 0.6) is 0 Å². The van der Waals surface area contributed by atoms with Crippen molar-refractivity contribution in [2.24, 2.45) is 0 Å². The van der Waals surface area contributed by atoms with Gasteiger partial charge in [0.05, 0.1) is 40.1 Å². The molecule has 0 N–H and O–H groups in total. The number of hydrogen-bond donors (Lipinski definition) is 0. The third-order valence-electron chi connectivity index (χ3n) is 9.57. The zero-order valence-corrected chi connectivity index (χ0v) is 26.7. The number of nitrogens with zero attached hydrogens (tertiary/aromatic N) is 3. The number of benzene rings is 7. The first kappa shape index (κ1) is 29.1. The highest BCUT2D eigenvalue weighted by Gasteiger charge is 2.40. The van der Waals surface area contributed by atoms with Crippen molar-refractivity contribution in [2.45, 2.75) is 0 Å². The molecule has 234 valence electrons. The molecule has 0 bridgehead atoms. The highest BCUT2D eigenvalue weighted by molar-refractivity contribution is 6.36. The first-order valence-corrected chi connectivity index (χ1v) is 16.4. The van der Waals surface area contributed by atoms with Crippen molar-refractivity contribution in [1.29, 1.82) is 0 Å². The Hall–Kier alpha value is -7.03. The summed E-state index contributed by atoms with van der Waals surface area (Å²) < 4.78 is 2.12. The van der Waals surface area contributed by atoms with Gasteiger partial charge in [-0.1, -0.05) is 133 Å². The van der Waals surface area contributed by atoms with Gasteiger partial charge in [-0.25, -0.2) is 9.74 Å². The zero-order chi connectivity index (χ0) is 33.8. The molecule has 5 heteroatoms. The standard InChI is InChI=1S/C45H27N3O2/c1-46-33-25-22-31(23-26-33)34-17-10-18-36-35-16-8-9-20-39(35)47(43(34)36)41-21-11-19-37-42(41)45(50)48(44(37)49)40-27-24-32(29-12-4-2-5-13-29)28-38(40)30-14-6-3-7-15-30/h2-28H. The number of aromatic nitrogens is 1. The van der Waals surface area contributed by atoms with Crippen molar-refractivity contribution in [3.8, 4) is 39.1 Å². The lowest BCUT2D eigenvalue weighted by atomic mass is 9.97. The molecule has 1 aliphatic heterocycles. The minimum Gasteiger partial charge on any atom is -0.308 e. The van der Waals surface area contributed by atoms with Gasteiger partial charge < -0.3 is 4.57 Å². The van der Waals surface area contributed by atoms with E-state index >= 15 is 0 Å². The second-order valence-corrected chi connectivity index (χ2v) is 12.3. The fourth-order valence-corrected chi connectivity index (χ4v) is 7.28. The van der Waals surface area contributed by atoms with E-state index in [0.29, 0.717) is 28.2 Å². The van der Waals surface area contributed by atoms with Gasteiger partial charge in [0.25, 0.3) is 11.8 Å². The summed E-state index contributed by atoms with van der Waals surface area (Å²) in [5.41, 5.74) is 9.99. The molecule has 9 rings (SSSR count). The Morgan fingerprint density at radius 2 is 1.08 bits per heavy atom. The van der Waals surface area contributed by atoms with Crippen LogP contribution in [0.1, 0.15) is 20.7 Å². The van der Waals surface area contributed by atoms with E-state index in [1.807, 2.05) is 115 Å². The second kappa shape index (κ2) is 11.6. The molecule has 5 nitrogen and oxygen atoms in total. The van der Waals surface area contributed by atoms with Gasteiger partial charge in [-0.3, -0.25) is 9.59 Å². The SMILES string of the molecule is [C-]#[N+]c1ccc(-c2cccc3c4ccccc4n(-c4cccc5c4C(=O)N(c4ccc(-c6ccccc6)cc4-c4ccccc4)C5=O)c23)cc1. The lowest BCUT2D eigenvalue weighted by Crippen LogP contribution is -2.30. The number of rotatable bonds is 5. The van der Waals surface area contributed by atoms with Crippen LogP contribution in [0.25, 0.3) is 65.7 Å². The number of para-hydroxylation sites is 2. The van der Waals surface area contributed by atoms with Crippen LogP contribution in [-0.2, 0) is 0 Å². The Labute approximate surface area is 288 Å². The van der Waals surface area contributed by atoms with Crippen LogP contribution in [0.4, 0.5) is 11.4 Å². The molecule has 0 unspecified atom stereocenters. The van der Waals surface area contributed by atoms with Crippen molar-refractivity contribution < 1.29 is 9.59 Å². The quantitative estimate of drug-likeness (QED) is 0.139. The molecule has 1 aromatic heterocycles. The van der Waals surface area contributed by atoms with Gasteiger partial charge in [0.1, 0.15) is 0 Å². The molecular formula is C45H27N3O2. The molecule has 0 atom stereocenters. The second-order valence-electron chi connectivity index (χ2n) is 12.3. The van der Waals surface area contributed by atoms with Gasteiger partial charge in [0.15, 0.2) is 5.69 Å². The zero-order valence-electron chi connectivity index (χ0n) is 26.7. The maximum Gasteiger partial charge on any atom is 0.268 e. The van der Waals surface area contributed by atoms with Crippen LogP contribution in [-0.4, -0.2) is 16.4 Å². The number of carbonyl (C=O) groups is 2. The summed E-state index contributed by atoms with van der Waals surface area (Å²) in [4.78, 5) is 34.1. The number of anilines is 1. The molecule has 2 heterocycles. The fourth-order valence-electron chi connectivity index (χ4n) is 7.28. The summed E-state index contributed by atoms with van der Waals surface area (Å²) in [6.07, 6.45) is 0. The van der Waals surface area contributed by atoms with Crippen LogP contribution in [0.15, 0.2) is 164 Å². The molecule has 0 saturated heterocycles. The first-order chi connectivity index (χ1) is 24.6. The Balaban J connectivity index is 1.26. The normalized spacial score (nSPS) is 12.4. The average Bonchev–Trinajstić information content (AvgIpc) is 3.66. The summed E-state index contributed by atoms with van der Waals surface area (Å²) in [7, 11) is 0. The largest absolute Gasteiger partial charge is 0.308 e. The molecule has 0 aliphatic carbocycles. The molecule has 0 radical (unpaired) electrons. The van der Waals surface area contributed by atoms with Gasteiger partial charge in [0, 0.05) is 21.9 Å². The molecule has 8 aromatic rings. The molecular weight excluding hydrogens is 615 g/mol. The molecule has 1 aliphatic rings. The third kappa shape index (κ3) is 4.47. The van der Waals surface area contributed by atoms with Crippen molar-refractivity contribution in [3.63, 3.8) is 0 Å². The average molecular weight is 642 g/mol. The van der Waals surface area contributed by atoms with Gasteiger partial charge in [0.2, 0.25) is 0 Å². The minimum atomic E-state index is -0.366. The molecule has 50 heavy (non-hydrogen) atoms. The van der Waals surface area contributed by atoms with E-state index in [0.717, 1.165) is 55.2 Å². The lowest BCUT2D eigenvalue weighted by molar-refractivity contribution is 0.0926. The molecule has 7 aromatic carbocycles. The van der Waals surface area contributed by atoms with E-state index in [9.17, 15) is 9.59 Å². The van der Waals surface area contributed by atoms with Gasteiger partial charge in [-0.2, -0.15) is 0 Å². The molecule has 0 spiro atoms. The van der Waals surface area contributed by atoms with Crippen molar-refractivity contribution in [3.05, 3.63) is 186 Å². The highest BCUT2D eigenvalue weighted by Crippen LogP contribution is 2.43. The maximum atomic E-state index is 14.8. The topological polar surface area (TPSA) is 46.7 Å². The Morgan fingerprint density at radius 3 is 1.84 bits per heavy atom. The first-order valence-electron chi connectivity index (χ1n) is 16.4. The monoisotopic (exact) mass is 641 g/mol. The summed E-state index contributed by atoms with van der Waals surface area (Å²) in [6, 6.07) is 53.3. The summed E-state index contributed by atoms with van der Waals surface area (Å²) >= 11 is 0. The van der Waals surface area contributed by atoms with Gasteiger partial charge in [-0.15, -0.1) is 0 Å². The van der Waals surface area contributed by atoms with Gasteiger partial charge >= 0.3 is 0 Å². The Morgan fingerprint density at radius 1 is 0.460 bits per heavy atom. The minimum absolute atomic E-state index is 0.354. The fraction of sp³-hybridized carbons (Fsp3) is 0. The van der Waals surface area contributed by atoms with Crippen LogP contribution >= 0.6 is 0 Å². The summed E-state index contributed by atoms with van der Waals surface area (Å²) in [5.74, 6) is -0.720. The lowest BCUT2D eigenvalue weighted by Gasteiger charge is -2.20. The number of amides is 2. The van der Waals surface area contributed by atoms with E-state index < -0.39 is 0 Å². The molecule has 0 saturated carbocycles. The number of hydrogen-bond acceptors (Lipinski definition) is 2. The van der Waals surface area contributed by atoms with Crippen LogP contribution in [0.3, 0.4) is 0 Å². The van der Waals surface area contributed by atoms with Crippen molar-refractivity contribution in [1.82, 2.24) is 4.57 Å². The summed E-state index contributed by atoms with van der Waals surface area (Å²) in [6.45, 7) is 7.42. The van der Waals surface area contributed by atoms with Crippen LogP contribution < -0.4 is 4.90 Å². The number of fused-ring (bicyclic) bond motifs is 4. The van der Waals surface area contributed by atoms with Crippen LogP contribution in [0.2, 0.25) is 0 Å². The maximum absolute atomic E-state index is 14.8.